The summed E-state index contributed by atoms with van der Waals surface area (Å²) in [6.07, 6.45) is 3.47. The molecule has 0 radical (unpaired) electrons. The maximum Gasteiger partial charge on any atom is 0.123 e. The van der Waals surface area contributed by atoms with Crippen LogP contribution in [-0.4, -0.2) is 11.2 Å². The predicted octanol–water partition coefficient (Wildman–Crippen LogP) is 2.60. The van der Waals surface area contributed by atoms with Crippen LogP contribution in [0.2, 0.25) is 0 Å². The molecule has 2 aromatic rings. The number of hydrazone groups is 1. The number of aromatic nitrogens is 1. The normalized spacial score (nSPS) is 10.7. The van der Waals surface area contributed by atoms with Gasteiger partial charge in [-0.3, -0.25) is 5.43 Å². The van der Waals surface area contributed by atoms with E-state index >= 15 is 0 Å². The highest BCUT2D eigenvalue weighted by atomic mass is 19.1. The molecule has 76 valence electrons. The lowest BCUT2D eigenvalue weighted by Crippen LogP contribution is -1.90. The Morgan fingerprint density at radius 3 is 2.67 bits per heavy atom. The van der Waals surface area contributed by atoms with Gasteiger partial charge in [-0.1, -0.05) is 0 Å². The molecule has 2 rings (SSSR count). The summed E-state index contributed by atoms with van der Waals surface area (Å²) >= 11 is 0. The van der Waals surface area contributed by atoms with Crippen LogP contribution in [0.15, 0.2) is 47.7 Å². The van der Waals surface area contributed by atoms with E-state index in [1.807, 2.05) is 18.3 Å². The van der Waals surface area contributed by atoms with Crippen molar-refractivity contribution in [1.82, 2.24) is 4.98 Å². The zero-order chi connectivity index (χ0) is 10.5. The molecule has 0 bridgehead atoms. The van der Waals surface area contributed by atoms with Crippen LogP contribution < -0.4 is 5.43 Å². The van der Waals surface area contributed by atoms with Gasteiger partial charge in [-0.2, -0.15) is 5.10 Å². The Labute approximate surface area is 86.6 Å². The van der Waals surface area contributed by atoms with E-state index in [4.69, 9.17) is 0 Å². The monoisotopic (exact) mass is 203 g/mol. The number of benzene rings is 1. The fraction of sp³-hybridized carbons (Fsp3) is 0. The van der Waals surface area contributed by atoms with Gasteiger partial charge in [0, 0.05) is 6.20 Å². The van der Waals surface area contributed by atoms with E-state index in [1.54, 1.807) is 18.3 Å². The number of aromatic amines is 1. The molecule has 0 saturated carbocycles. The van der Waals surface area contributed by atoms with Gasteiger partial charge >= 0.3 is 0 Å². The van der Waals surface area contributed by atoms with Gasteiger partial charge in [-0.15, -0.1) is 0 Å². The van der Waals surface area contributed by atoms with Crippen molar-refractivity contribution in [1.29, 1.82) is 0 Å². The van der Waals surface area contributed by atoms with Crippen molar-refractivity contribution in [2.24, 2.45) is 5.10 Å². The highest BCUT2D eigenvalue weighted by molar-refractivity contribution is 5.77. The molecular formula is C11H10FN3. The molecule has 15 heavy (non-hydrogen) atoms. The summed E-state index contributed by atoms with van der Waals surface area (Å²) in [5, 5.41) is 3.99. The summed E-state index contributed by atoms with van der Waals surface area (Å²) in [6, 6.07) is 9.80. The first-order valence-corrected chi connectivity index (χ1v) is 4.52. The second-order valence-electron chi connectivity index (χ2n) is 3.00. The second kappa shape index (κ2) is 4.41. The van der Waals surface area contributed by atoms with Crippen molar-refractivity contribution in [2.75, 3.05) is 5.43 Å². The van der Waals surface area contributed by atoms with Crippen LogP contribution in [0.3, 0.4) is 0 Å². The van der Waals surface area contributed by atoms with E-state index in [1.165, 1.54) is 12.1 Å². The van der Waals surface area contributed by atoms with Gasteiger partial charge in [-0.25, -0.2) is 4.39 Å². The van der Waals surface area contributed by atoms with E-state index < -0.39 is 0 Å². The second-order valence-corrected chi connectivity index (χ2v) is 3.00. The Morgan fingerprint density at radius 1 is 1.20 bits per heavy atom. The lowest BCUT2D eigenvalue weighted by Gasteiger charge is -1.98. The Balaban J connectivity index is 1.96. The SMILES string of the molecule is Fc1ccc(NN=Cc2ccc[nH]2)cc1. The maximum atomic E-state index is 12.6. The molecule has 0 unspecified atom stereocenters. The van der Waals surface area contributed by atoms with Crippen LogP contribution in [0.1, 0.15) is 5.69 Å². The number of hydrogen-bond acceptors (Lipinski definition) is 2. The molecule has 0 aliphatic rings. The average Bonchev–Trinajstić information content (AvgIpc) is 2.74. The molecule has 1 heterocycles. The van der Waals surface area contributed by atoms with Crippen molar-refractivity contribution in [3.05, 3.63) is 54.1 Å². The van der Waals surface area contributed by atoms with Gasteiger partial charge in [0.15, 0.2) is 0 Å². The molecule has 0 aliphatic heterocycles. The molecule has 0 aliphatic carbocycles. The van der Waals surface area contributed by atoms with Gasteiger partial charge in [0.25, 0.3) is 0 Å². The fourth-order valence-corrected chi connectivity index (χ4v) is 1.13. The minimum Gasteiger partial charge on any atom is -0.360 e. The van der Waals surface area contributed by atoms with Gasteiger partial charge in [-0.05, 0) is 36.4 Å². The molecule has 2 N–H and O–H groups in total. The van der Waals surface area contributed by atoms with Crippen molar-refractivity contribution < 1.29 is 4.39 Å². The predicted molar refractivity (Wildman–Crippen MR) is 58.4 cm³/mol. The minimum absolute atomic E-state index is 0.256. The third-order valence-electron chi connectivity index (χ3n) is 1.86. The molecule has 3 nitrogen and oxygen atoms in total. The first-order chi connectivity index (χ1) is 7.34. The van der Waals surface area contributed by atoms with Crippen LogP contribution in [0.4, 0.5) is 10.1 Å². The summed E-state index contributed by atoms with van der Waals surface area (Å²) in [7, 11) is 0. The third kappa shape index (κ3) is 2.67. The molecule has 0 saturated heterocycles. The lowest BCUT2D eigenvalue weighted by atomic mass is 10.3. The highest BCUT2D eigenvalue weighted by Gasteiger charge is 1.90. The smallest absolute Gasteiger partial charge is 0.123 e. The van der Waals surface area contributed by atoms with Gasteiger partial charge < -0.3 is 4.98 Å². The minimum atomic E-state index is -0.256. The first kappa shape index (κ1) is 9.45. The fourth-order valence-electron chi connectivity index (χ4n) is 1.13. The highest BCUT2D eigenvalue weighted by Crippen LogP contribution is 2.07. The van der Waals surface area contributed by atoms with E-state index in [2.05, 4.69) is 15.5 Å². The third-order valence-corrected chi connectivity index (χ3v) is 1.86. The molecule has 1 aromatic carbocycles. The topological polar surface area (TPSA) is 40.2 Å². The van der Waals surface area contributed by atoms with Crippen molar-refractivity contribution in [3.63, 3.8) is 0 Å². The summed E-state index contributed by atoms with van der Waals surface area (Å²) < 4.78 is 12.6. The molecule has 0 spiro atoms. The van der Waals surface area contributed by atoms with Crippen molar-refractivity contribution >= 4 is 11.9 Å². The lowest BCUT2D eigenvalue weighted by molar-refractivity contribution is 0.628. The van der Waals surface area contributed by atoms with Gasteiger partial charge in [0.2, 0.25) is 0 Å². The number of rotatable bonds is 3. The quantitative estimate of drug-likeness (QED) is 0.584. The summed E-state index contributed by atoms with van der Waals surface area (Å²) in [5.74, 6) is -0.256. The van der Waals surface area contributed by atoms with E-state index in [0.717, 1.165) is 11.4 Å². The maximum absolute atomic E-state index is 12.6. The average molecular weight is 203 g/mol. The zero-order valence-electron chi connectivity index (χ0n) is 7.94. The number of nitrogens with zero attached hydrogens (tertiary/aromatic N) is 1. The molecule has 4 heteroatoms. The number of hydrogen-bond donors (Lipinski definition) is 2. The Kier molecular flexibility index (Phi) is 2.78. The Morgan fingerprint density at radius 2 is 2.00 bits per heavy atom. The van der Waals surface area contributed by atoms with Crippen molar-refractivity contribution in [3.8, 4) is 0 Å². The van der Waals surface area contributed by atoms with Crippen LogP contribution >= 0.6 is 0 Å². The number of H-pyrrole nitrogens is 1. The van der Waals surface area contributed by atoms with Crippen LogP contribution in [0.5, 0.6) is 0 Å². The number of nitrogens with one attached hydrogen (secondary N) is 2. The molecule has 0 fully saturated rings. The largest absolute Gasteiger partial charge is 0.360 e. The summed E-state index contributed by atoms with van der Waals surface area (Å²) in [5.41, 5.74) is 4.45. The standard InChI is InChI=1S/C11H10FN3/c12-9-3-5-10(6-4-9)15-14-8-11-2-1-7-13-11/h1-8,13,15H. The Bertz CT molecular complexity index is 431. The number of anilines is 1. The molecule has 0 atom stereocenters. The van der Waals surface area contributed by atoms with Gasteiger partial charge in [0.05, 0.1) is 17.6 Å². The summed E-state index contributed by atoms with van der Waals surface area (Å²) in [4.78, 5) is 2.98. The van der Waals surface area contributed by atoms with Gasteiger partial charge in [0.1, 0.15) is 5.82 Å². The van der Waals surface area contributed by atoms with Crippen LogP contribution in [0.25, 0.3) is 0 Å². The number of halogens is 1. The van der Waals surface area contributed by atoms with E-state index in [0.29, 0.717) is 0 Å². The van der Waals surface area contributed by atoms with E-state index in [-0.39, 0.29) is 5.82 Å². The molecular weight excluding hydrogens is 193 g/mol. The van der Waals surface area contributed by atoms with Crippen molar-refractivity contribution in [2.45, 2.75) is 0 Å². The molecule has 0 amide bonds. The summed E-state index contributed by atoms with van der Waals surface area (Å²) in [6.45, 7) is 0. The molecule has 1 aromatic heterocycles. The Hall–Kier alpha value is -2.10. The van der Waals surface area contributed by atoms with Crippen LogP contribution in [-0.2, 0) is 0 Å². The first-order valence-electron chi connectivity index (χ1n) is 4.52. The van der Waals surface area contributed by atoms with E-state index in [9.17, 15) is 4.39 Å². The zero-order valence-corrected chi connectivity index (χ0v) is 7.94. The van der Waals surface area contributed by atoms with Crippen LogP contribution in [0, 0.1) is 5.82 Å².